The fraction of sp³-hybridized carbons (Fsp3) is 0.571. The molecule has 1 N–H and O–H groups in total. The number of ether oxygens (including phenoxy) is 1. The monoisotopic (exact) mass is 252 g/mol. The fourth-order valence-corrected chi connectivity index (χ4v) is 2.90. The largest absolute Gasteiger partial charge is 0.487 e. The maximum Gasteiger partial charge on any atom is 0.126 e. The molecule has 1 aromatic carbocycles. The Labute approximate surface area is 107 Å². The molecule has 17 heavy (non-hydrogen) atoms. The van der Waals surface area contributed by atoms with Crippen molar-refractivity contribution in [1.29, 1.82) is 0 Å². The van der Waals surface area contributed by atoms with E-state index in [2.05, 4.69) is 13.8 Å². The predicted molar refractivity (Wildman–Crippen MR) is 67.4 cm³/mol. The molecule has 1 aromatic rings. The first-order chi connectivity index (χ1) is 7.94. The zero-order valence-corrected chi connectivity index (χ0v) is 10.9. The molecule has 0 aromatic heterocycles. The highest BCUT2D eigenvalue weighted by Crippen LogP contribution is 2.59. The van der Waals surface area contributed by atoms with Crippen molar-refractivity contribution in [3.63, 3.8) is 0 Å². The summed E-state index contributed by atoms with van der Waals surface area (Å²) in [6.45, 7) is 4.35. The summed E-state index contributed by atoms with van der Waals surface area (Å²) in [5, 5.41) is 10.9. The molecule has 92 valence electrons. The van der Waals surface area contributed by atoms with E-state index in [1.807, 2.05) is 12.1 Å². The molecular formula is C14H17ClO2. The fourth-order valence-electron chi connectivity index (χ4n) is 2.72. The third-order valence-corrected chi connectivity index (χ3v) is 4.76. The van der Waals surface area contributed by atoms with Gasteiger partial charge >= 0.3 is 0 Å². The Kier molecular flexibility index (Phi) is 2.27. The van der Waals surface area contributed by atoms with Gasteiger partial charge in [0.1, 0.15) is 11.4 Å². The number of hydrogen-bond acceptors (Lipinski definition) is 2. The van der Waals surface area contributed by atoms with E-state index < -0.39 is 6.10 Å². The van der Waals surface area contributed by atoms with E-state index in [4.69, 9.17) is 16.3 Å². The molecule has 3 heteroatoms. The molecule has 0 radical (unpaired) electrons. The Hall–Kier alpha value is -0.730. The van der Waals surface area contributed by atoms with Crippen molar-refractivity contribution in [3.8, 4) is 5.75 Å². The number of halogens is 1. The number of hydrogen-bond donors (Lipinski definition) is 1. The van der Waals surface area contributed by atoms with Crippen LogP contribution in [-0.2, 0) is 0 Å². The highest BCUT2D eigenvalue weighted by molar-refractivity contribution is 6.30. The van der Waals surface area contributed by atoms with Gasteiger partial charge in [0.15, 0.2) is 0 Å². The van der Waals surface area contributed by atoms with Crippen LogP contribution in [0.1, 0.15) is 44.8 Å². The number of benzene rings is 1. The Bertz CT molecular complexity index is 467. The minimum absolute atomic E-state index is 0.214. The zero-order chi connectivity index (χ0) is 12.3. The van der Waals surface area contributed by atoms with E-state index in [0.717, 1.165) is 11.3 Å². The molecule has 2 aliphatic rings. The Balaban J connectivity index is 2.01. The lowest BCUT2D eigenvalue weighted by Crippen LogP contribution is -2.45. The van der Waals surface area contributed by atoms with Gasteiger partial charge in [-0.2, -0.15) is 0 Å². The molecule has 0 saturated heterocycles. The average molecular weight is 253 g/mol. The van der Waals surface area contributed by atoms with E-state index in [-0.39, 0.29) is 11.0 Å². The normalized spacial score (nSPS) is 33.8. The van der Waals surface area contributed by atoms with Gasteiger partial charge in [-0.1, -0.05) is 18.5 Å². The second-order valence-corrected chi connectivity index (χ2v) is 6.23. The molecule has 1 fully saturated rings. The summed E-state index contributed by atoms with van der Waals surface area (Å²) in [4.78, 5) is 0. The lowest BCUT2D eigenvalue weighted by molar-refractivity contribution is -0.0472. The van der Waals surface area contributed by atoms with Crippen LogP contribution in [0, 0.1) is 5.41 Å². The maximum absolute atomic E-state index is 10.3. The molecule has 3 rings (SSSR count). The third-order valence-electron chi connectivity index (χ3n) is 4.53. The van der Waals surface area contributed by atoms with Crippen LogP contribution >= 0.6 is 11.6 Å². The molecule has 0 bridgehead atoms. The topological polar surface area (TPSA) is 29.5 Å². The van der Waals surface area contributed by atoms with Gasteiger partial charge in [-0.05, 0) is 38.0 Å². The lowest BCUT2D eigenvalue weighted by Gasteiger charge is -2.42. The van der Waals surface area contributed by atoms with Crippen LogP contribution in [0.25, 0.3) is 0 Å². The molecule has 1 aliphatic carbocycles. The quantitative estimate of drug-likeness (QED) is 0.826. The van der Waals surface area contributed by atoms with E-state index in [1.54, 1.807) is 6.07 Å². The minimum Gasteiger partial charge on any atom is -0.487 e. The first-order valence-electron chi connectivity index (χ1n) is 6.10. The van der Waals surface area contributed by atoms with Crippen molar-refractivity contribution in [2.45, 2.75) is 44.8 Å². The molecule has 1 unspecified atom stereocenters. The van der Waals surface area contributed by atoms with Crippen molar-refractivity contribution < 1.29 is 9.84 Å². The van der Waals surface area contributed by atoms with Crippen LogP contribution in [-0.4, -0.2) is 10.7 Å². The van der Waals surface area contributed by atoms with Crippen LogP contribution in [0.5, 0.6) is 5.75 Å². The van der Waals surface area contributed by atoms with Gasteiger partial charge < -0.3 is 9.84 Å². The van der Waals surface area contributed by atoms with Crippen LogP contribution in [0.3, 0.4) is 0 Å². The SMILES string of the molecule is CC1(C2(C)C[C@@H](O)c3cc(Cl)ccc3O2)CC1. The Morgan fingerprint density at radius 2 is 2.06 bits per heavy atom. The van der Waals surface area contributed by atoms with Crippen LogP contribution < -0.4 is 4.74 Å². The van der Waals surface area contributed by atoms with Crippen LogP contribution in [0.4, 0.5) is 0 Å². The van der Waals surface area contributed by atoms with Crippen LogP contribution in [0.2, 0.25) is 5.02 Å². The second kappa shape index (κ2) is 3.39. The van der Waals surface area contributed by atoms with E-state index >= 15 is 0 Å². The summed E-state index contributed by atoms with van der Waals surface area (Å²) in [5.41, 5.74) is 0.776. The zero-order valence-electron chi connectivity index (χ0n) is 10.2. The van der Waals surface area contributed by atoms with E-state index in [1.165, 1.54) is 12.8 Å². The molecule has 0 spiro atoms. The number of rotatable bonds is 1. The van der Waals surface area contributed by atoms with Gasteiger partial charge in [-0.15, -0.1) is 0 Å². The van der Waals surface area contributed by atoms with Crippen molar-refractivity contribution in [1.82, 2.24) is 0 Å². The van der Waals surface area contributed by atoms with E-state index in [9.17, 15) is 5.11 Å². The highest BCUT2D eigenvalue weighted by Gasteiger charge is 2.57. The Morgan fingerprint density at radius 3 is 2.71 bits per heavy atom. The second-order valence-electron chi connectivity index (χ2n) is 5.80. The first-order valence-corrected chi connectivity index (χ1v) is 6.48. The molecule has 1 heterocycles. The summed E-state index contributed by atoms with van der Waals surface area (Å²) < 4.78 is 6.15. The van der Waals surface area contributed by atoms with E-state index in [0.29, 0.717) is 11.4 Å². The van der Waals surface area contributed by atoms with Crippen molar-refractivity contribution >= 4 is 11.6 Å². The molecule has 0 amide bonds. The molecule has 1 aliphatic heterocycles. The maximum atomic E-state index is 10.3. The smallest absolute Gasteiger partial charge is 0.126 e. The van der Waals surface area contributed by atoms with Gasteiger partial charge in [-0.25, -0.2) is 0 Å². The van der Waals surface area contributed by atoms with Crippen LogP contribution in [0.15, 0.2) is 18.2 Å². The Morgan fingerprint density at radius 1 is 1.35 bits per heavy atom. The molecule has 2 atom stereocenters. The predicted octanol–water partition coefficient (Wildman–Crippen LogP) is 3.71. The van der Waals surface area contributed by atoms with Gasteiger partial charge in [0.05, 0.1) is 6.10 Å². The molecule has 2 nitrogen and oxygen atoms in total. The van der Waals surface area contributed by atoms with Crippen molar-refractivity contribution in [2.24, 2.45) is 5.41 Å². The van der Waals surface area contributed by atoms with Crippen molar-refractivity contribution in [3.05, 3.63) is 28.8 Å². The summed E-state index contributed by atoms with van der Waals surface area (Å²) in [7, 11) is 0. The van der Waals surface area contributed by atoms with Gasteiger partial charge in [0.2, 0.25) is 0 Å². The van der Waals surface area contributed by atoms with Gasteiger partial charge in [0.25, 0.3) is 0 Å². The molecular weight excluding hydrogens is 236 g/mol. The standard InChI is InChI=1S/C14H17ClO2/c1-13(5-6-13)14(2)8-11(16)10-7-9(15)3-4-12(10)17-14/h3-4,7,11,16H,5-6,8H2,1-2H3/t11-,14?/m1/s1. The minimum atomic E-state index is -0.472. The summed E-state index contributed by atoms with van der Waals surface area (Å²) >= 11 is 5.95. The molecule has 1 saturated carbocycles. The lowest BCUT2D eigenvalue weighted by atomic mass is 9.79. The van der Waals surface area contributed by atoms with Gasteiger partial charge in [0, 0.05) is 22.4 Å². The highest BCUT2D eigenvalue weighted by atomic mass is 35.5. The average Bonchev–Trinajstić information content (AvgIpc) is 3.00. The number of aliphatic hydroxyl groups is 1. The van der Waals surface area contributed by atoms with Gasteiger partial charge in [-0.3, -0.25) is 0 Å². The summed E-state index contributed by atoms with van der Waals surface area (Å²) in [6, 6.07) is 5.48. The number of aliphatic hydroxyl groups excluding tert-OH is 1. The first kappa shape index (κ1) is 11.4. The third kappa shape index (κ3) is 1.66. The number of fused-ring (bicyclic) bond motifs is 1. The summed E-state index contributed by atoms with van der Waals surface area (Å²) in [6.07, 6.45) is 2.54. The van der Waals surface area contributed by atoms with Crippen molar-refractivity contribution in [2.75, 3.05) is 0 Å². The summed E-state index contributed by atoms with van der Waals surface area (Å²) in [5.74, 6) is 0.781.